The van der Waals surface area contributed by atoms with Gasteiger partial charge in [-0.25, -0.2) is 0 Å². The molecule has 2 aromatic rings. The van der Waals surface area contributed by atoms with E-state index in [1.54, 1.807) is 6.20 Å². The summed E-state index contributed by atoms with van der Waals surface area (Å²) in [6, 6.07) is 3.71. The van der Waals surface area contributed by atoms with Gasteiger partial charge >= 0.3 is 0 Å². The Bertz CT molecular complexity index is 520. The first-order valence-electron chi connectivity index (χ1n) is 5.69. The van der Waals surface area contributed by atoms with Crippen molar-refractivity contribution in [1.82, 2.24) is 15.2 Å². The van der Waals surface area contributed by atoms with Gasteiger partial charge in [-0.3, -0.25) is 4.98 Å². The van der Waals surface area contributed by atoms with Gasteiger partial charge in [0.1, 0.15) is 5.75 Å². The monoisotopic (exact) mass is 231 g/mol. The summed E-state index contributed by atoms with van der Waals surface area (Å²) in [5.41, 5.74) is 0.856. The normalized spacial score (nSPS) is 14.9. The summed E-state index contributed by atoms with van der Waals surface area (Å²) in [5.74, 6) is 2.50. The van der Waals surface area contributed by atoms with Crippen LogP contribution in [0.15, 0.2) is 22.7 Å². The molecule has 1 aliphatic rings. The molecule has 2 heterocycles. The highest BCUT2D eigenvalue weighted by molar-refractivity contribution is 5.25. The number of rotatable bonds is 4. The van der Waals surface area contributed by atoms with Crippen molar-refractivity contribution in [1.29, 1.82) is 0 Å². The quantitative estimate of drug-likeness (QED) is 0.807. The van der Waals surface area contributed by atoms with Crippen molar-refractivity contribution < 1.29 is 9.15 Å². The molecule has 2 aromatic heterocycles. The molecule has 0 unspecified atom stereocenters. The molecule has 0 spiro atoms. The smallest absolute Gasteiger partial charge is 0.253 e. The number of aryl methyl sites for hydroxylation is 1. The summed E-state index contributed by atoms with van der Waals surface area (Å²) in [4.78, 5) is 4.14. The van der Waals surface area contributed by atoms with Crippen molar-refractivity contribution in [3.8, 4) is 5.75 Å². The van der Waals surface area contributed by atoms with Gasteiger partial charge in [0.25, 0.3) is 5.89 Å². The molecular formula is C12H13N3O2. The Morgan fingerprint density at radius 2 is 2.29 bits per heavy atom. The minimum absolute atomic E-state index is 0.298. The standard InChI is InChI=1S/C12H13N3O2/c1-8-10(3-2-6-13-8)16-7-11-14-15-12(17-11)9-4-5-9/h2-3,6,9H,4-5,7H2,1H3. The molecule has 5 nitrogen and oxygen atoms in total. The Morgan fingerprint density at radius 3 is 3.06 bits per heavy atom. The Balaban J connectivity index is 1.65. The van der Waals surface area contributed by atoms with Crippen molar-refractivity contribution >= 4 is 0 Å². The third kappa shape index (κ3) is 2.27. The van der Waals surface area contributed by atoms with E-state index in [4.69, 9.17) is 9.15 Å². The van der Waals surface area contributed by atoms with Gasteiger partial charge in [0.15, 0.2) is 6.61 Å². The Labute approximate surface area is 98.8 Å². The summed E-state index contributed by atoms with van der Waals surface area (Å²) in [5, 5.41) is 7.96. The molecule has 0 N–H and O–H groups in total. The van der Waals surface area contributed by atoms with Gasteiger partial charge in [-0.1, -0.05) is 0 Å². The lowest BCUT2D eigenvalue weighted by Crippen LogP contribution is -1.98. The summed E-state index contributed by atoms with van der Waals surface area (Å²) in [7, 11) is 0. The second-order valence-electron chi connectivity index (χ2n) is 4.18. The summed E-state index contributed by atoms with van der Waals surface area (Å²) in [6.45, 7) is 2.20. The average Bonchev–Trinajstić information content (AvgIpc) is 3.08. The molecule has 5 heteroatoms. The highest BCUT2D eigenvalue weighted by atomic mass is 16.5. The van der Waals surface area contributed by atoms with Crippen LogP contribution in [0, 0.1) is 6.92 Å². The number of pyridine rings is 1. The van der Waals surface area contributed by atoms with Crippen molar-refractivity contribution in [2.75, 3.05) is 0 Å². The molecule has 0 saturated heterocycles. The van der Waals surface area contributed by atoms with Gasteiger partial charge in [0.05, 0.1) is 5.69 Å². The molecule has 0 bridgehead atoms. The first-order chi connectivity index (χ1) is 8.33. The molecule has 1 aliphatic carbocycles. The third-order valence-corrected chi connectivity index (χ3v) is 2.72. The van der Waals surface area contributed by atoms with Crippen LogP contribution >= 0.6 is 0 Å². The SMILES string of the molecule is Cc1ncccc1OCc1nnc(C2CC2)o1. The van der Waals surface area contributed by atoms with Crippen molar-refractivity contribution in [2.45, 2.75) is 32.3 Å². The highest BCUT2D eigenvalue weighted by Crippen LogP contribution is 2.39. The zero-order valence-electron chi connectivity index (χ0n) is 9.59. The second kappa shape index (κ2) is 4.16. The van der Waals surface area contributed by atoms with Crippen LogP contribution in [0.4, 0.5) is 0 Å². The van der Waals surface area contributed by atoms with Gasteiger partial charge in [-0.15, -0.1) is 10.2 Å². The van der Waals surface area contributed by atoms with Crippen LogP contribution in [-0.4, -0.2) is 15.2 Å². The van der Waals surface area contributed by atoms with E-state index in [0.29, 0.717) is 18.4 Å². The lowest BCUT2D eigenvalue weighted by Gasteiger charge is -2.04. The van der Waals surface area contributed by atoms with E-state index < -0.39 is 0 Å². The number of hydrogen-bond acceptors (Lipinski definition) is 5. The predicted octanol–water partition coefficient (Wildman–Crippen LogP) is 2.23. The van der Waals surface area contributed by atoms with Crippen LogP contribution in [-0.2, 0) is 6.61 Å². The molecular weight excluding hydrogens is 218 g/mol. The van der Waals surface area contributed by atoms with E-state index in [0.717, 1.165) is 30.2 Å². The maximum atomic E-state index is 5.58. The summed E-state index contributed by atoms with van der Waals surface area (Å²) >= 11 is 0. The lowest BCUT2D eigenvalue weighted by molar-refractivity contribution is 0.256. The van der Waals surface area contributed by atoms with Gasteiger partial charge in [0.2, 0.25) is 5.89 Å². The van der Waals surface area contributed by atoms with E-state index in [1.165, 1.54) is 0 Å². The highest BCUT2D eigenvalue weighted by Gasteiger charge is 2.29. The first kappa shape index (κ1) is 10.3. The van der Waals surface area contributed by atoms with Crippen molar-refractivity contribution in [2.24, 2.45) is 0 Å². The number of hydrogen-bond donors (Lipinski definition) is 0. The molecule has 1 saturated carbocycles. The lowest BCUT2D eigenvalue weighted by atomic mass is 10.3. The topological polar surface area (TPSA) is 61.0 Å². The van der Waals surface area contributed by atoms with Crippen molar-refractivity contribution in [3.05, 3.63) is 35.8 Å². The Hall–Kier alpha value is -1.91. The molecule has 0 aromatic carbocycles. The molecule has 0 atom stereocenters. The van der Waals surface area contributed by atoms with E-state index in [2.05, 4.69) is 15.2 Å². The fraction of sp³-hybridized carbons (Fsp3) is 0.417. The minimum atomic E-state index is 0.298. The van der Waals surface area contributed by atoms with Gasteiger partial charge in [0, 0.05) is 12.1 Å². The molecule has 1 fully saturated rings. The first-order valence-corrected chi connectivity index (χ1v) is 5.69. The van der Waals surface area contributed by atoms with Crippen molar-refractivity contribution in [3.63, 3.8) is 0 Å². The van der Waals surface area contributed by atoms with Gasteiger partial charge < -0.3 is 9.15 Å². The second-order valence-corrected chi connectivity index (χ2v) is 4.18. The largest absolute Gasteiger partial charge is 0.482 e. The van der Waals surface area contributed by atoms with E-state index >= 15 is 0 Å². The fourth-order valence-electron chi connectivity index (χ4n) is 1.58. The average molecular weight is 231 g/mol. The number of ether oxygens (including phenoxy) is 1. The molecule has 0 radical (unpaired) electrons. The molecule has 0 aliphatic heterocycles. The van der Waals surface area contributed by atoms with Gasteiger partial charge in [-0.2, -0.15) is 0 Å². The zero-order valence-corrected chi connectivity index (χ0v) is 9.59. The van der Waals surface area contributed by atoms with Crippen LogP contribution in [0.2, 0.25) is 0 Å². The molecule has 17 heavy (non-hydrogen) atoms. The molecule has 0 amide bonds. The Morgan fingerprint density at radius 1 is 1.41 bits per heavy atom. The van der Waals surface area contributed by atoms with E-state index in [1.807, 2.05) is 19.1 Å². The number of nitrogens with zero attached hydrogens (tertiary/aromatic N) is 3. The van der Waals surface area contributed by atoms with Crippen LogP contribution in [0.5, 0.6) is 5.75 Å². The molecule has 3 rings (SSSR count). The summed E-state index contributed by atoms with van der Waals surface area (Å²) in [6.07, 6.45) is 4.05. The fourth-order valence-corrected chi connectivity index (χ4v) is 1.58. The number of aromatic nitrogens is 3. The maximum Gasteiger partial charge on any atom is 0.253 e. The maximum absolute atomic E-state index is 5.58. The van der Waals surface area contributed by atoms with E-state index in [9.17, 15) is 0 Å². The van der Waals surface area contributed by atoms with Crippen LogP contribution in [0.1, 0.15) is 36.2 Å². The van der Waals surface area contributed by atoms with Gasteiger partial charge in [-0.05, 0) is 31.9 Å². The molecule has 88 valence electrons. The van der Waals surface area contributed by atoms with Crippen LogP contribution in [0.3, 0.4) is 0 Å². The Kier molecular flexibility index (Phi) is 2.51. The van der Waals surface area contributed by atoms with E-state index in [-0.39, 0.29) is 0 Å². The minimum Gasteiger partial charge on any atom is -0.482 e. The summed E-state index contributed by atoms with van der Waals surface area (Å²) < 4.78 is 11.1. The predicted molar refractivity (Wildman–Crippen MR) is 59.6 cm³/mol. The third-order valence-electron chi connectivity index (χ3n) is 2.72. The zero-order chi connectivity index (χ0) is 11.7. The van der Waals surface area contributed by atoms with Crippen LogP contribution < -0.4 is 4.74 Å². The van der Waals surface area contributed by atoms with Crippen LogP contribution in [0.25, 0.3) is 0 Å².